The first kappa shape index (κ1) is 8.53. The zero-order valence-corrected chi connectivity index (χ0v) is 7.39. The van der Waals surface area contributed by atoms with Gasteiger partial charge in [-0.3, -0.25) is 9.63 Å². The monoisotopic (exact) mass is 157 g/mol. The number of amides is 1. The van der Waals surface area contributed by atoms with E-state index in [4.69, 9.17) is 4.84 Å². The minimum atomic E-state index is -0.315. The van der Waals surface area contributed by atoms with Crippen molar-refractivity contribution in [2.75, 3.05) is 13.2 Å². The van der Waals surface area contributed by atoms with Gasteiger partial charge in [0.25, 0.3) is 5.91 Å². The van der Waals surface area contributed by atoms with Gasteiger partial charge in [-0.15, -0.1) is 0 Å². The third kappa shape index (κ3) is 1.93. The number of hydrogen-bond acceptors (Lipinski definition) is 2. The van der Waals surface area contributed by atoms with Gasteiger partial charge in [-0.1, -0.05) is 20.8 Å². The van der Waals surface area contributed by atoms with Crippen LogP contribution in [0.25, 0.3) is 0 Å². The molecule has 1 aliphatic rings. The van der Waals surface area contributed by atoms with Gasteiger partial charge >= 0.3 is 0 Å². The van der Waals surface area contributed by atoms with Gasteiger partial charge in [0.1, 0.15) is 0 Å². The van der Waals surface area contributed by atoms with Crippen LogP contribution < -0.4 is 0 Å². The highest BCUT2D eigenvalue weighted by molar-refractivity contribution is 5.80. The lowest BCUT2D eigenvalue weighted by atomic mass is 9.95. The molecule has 64 valence electrons. The Hall–Kier alpha value is -0.570. The van der Waals surface area contributed by atoms with Crippen LogP contribution in [0.5, 0.6) is 0 Å². The van der Waals surface area contributed by atoms with E-state index < -0.39 is 0 Å². The van der Waals surface area contributed by atoms with E-state index in [9.17, 15) is 4.79 Å². The third-order valence-corrected chi connectivity index (χ3v) is 1.62. The molecular weight excluding hydrogens is 142 g/mol. The molecule has 1 saturated heterocycles. The summed E-state index contributed by atoms with van der Waals surface area (Å²) in [6, 6.07) is 0. The number of carbonyl (C=O) groups is 1. The van der Waals surface area contributed by atoms with E-state index in [1.165, 1.54) is 5.06 Å². The molecule has 0 aromatic rings. The number of hydroxylamine groups is 2. The fraction of sp³-hybridized carbons (Fsp3) is 0.875. The van der Waals surface area contributed by atoms with Gasteiger partial charge in [-0.25, -0.2) is 5.06 Å². The summed E-state index contributed by atoms with van der Waals surface area (Å²) in [6.45, 7) is 7.13. The van der Waals surface area contributed by atoms with E-state index in [0.29, 0.717) is 6.61 Å². The Labute approximate surface area is 67.3 Å². The molecule has 1 amide bonds. The summed E-state index contributed by atoms with van der Waals surface area (Å²) in [4.78, 5) is 16.6. The molecule has 1 rings (SSSR count). The Kier molecular flexibility index (Phi) is 2.18. The topological polar surface area (TPSA) is 29.5 Å². The second-order valence-corrected chi connectivity index (χ2v) is 3.84. The summed E-state index contributed by atoms with van der Waals surface area (Å²) in [7, 11) is 0. The molecule has 1 heterocycles. The highest BCUT2D eigenvalue weighted by Gasteiger charge is 2.29. The summed E-state index contributed by atoms with van der Waals surface area (Å²) >= 11 is 0. The fourth-order valence-electron chi connectivity index (χ4n) is 0.982. The van der Waals surface area contributed by atoms with Crippen LogP contribution in [0, 0.1) is 5.41 Å². The molecule has 3 nitrogen and oxygen atoms in total. The summed E-state index contributed by atoms with van der Waals surface area (Å²) in [6.07, 6.45) is 0.960. The van der Waals surface area contributed by atoms with Crippen molar-refractivity contribution in [3.05, 3.63) is 0 Å². The maximum atomic E-state index is 11.5. The van der Waals surface area contributed by atoms with Gasteiger partial charge in [-0.2, -0.15) is 0 Å². The second-order valence-electron chi connectivity index (χ2n) is 3.84. The molecule has 0 atom stereocenters. The molecule has 0 bridgehead atoms. The molecule has 3 heteroatoms. The van der Waals surface area contributed by atoms with E-state index in [1.54, 1.807) is 0 Å². The lowest BCUT2D eigenvalue weighted by Crippen LogP contribution is -2.36. The summed E-state index contributed by atoms with van der Waals surface area (Å²) in [5.74, 6) is 0.0787. The maximum absolute atomic E-state index is 11.5. The van der Waals surface area contributed by atoms with Gasteiger partial charge in [0, 0.05) is 5.41 Å². The predicted octanol–water partition coefficient (Wildman–Crippen LogP) is 1.20. The van der Waals surface area contributed by atoms with Gasteiger partial charge in [0.15, 0.2) is 0 Å². The first-order valence-corrected chi connectivity index (χ1v) is 3.97. The van der Waals surface area contributed by atoms with E-state index >= 15 is 0 Å². The van der Waals surface area contributed by atoms with E-state index in [1.807, 2.05) is 20.8 Å². The molecule has 0 spiro atoms. The highest BCUT2D eigenvalue weighted by Crippen LogP contribution is 2.19. The Balaban J connectivity index is 2.53. The number of rotatable bonds is 0. The van der Waals surface area contributed by atoms with Crippen molar-refractivity contribution in [2.45, 2.75) is 27.2 Å². The van der Waals surface area contributed by atoms with Gasteiger partial charge < -0.3 is 0 Å². The molecular formula is C8H15NO2. The molecule has 0 saturated carbocycles. The Morgan fingerprint density at radius 3 is 2.45 bits per heavy atom. The van der Waals surface area contributed by atoms with E-state index in [0.717, 1.165) is 13.0 Å². The lowest BCUT2D eigenvalue weighted by Gasteiger charge is -2.23. The lowest BCUT2D eigenvalue weighted by molar-refractivity contribution is -0.177. The number of carbonyl (C=O) groups excluding carboxylic acids is 1. The largest absolute Gasteiger partial charge is 0.272 e. The zero-order chi connectivity index (χ0) is 8.48. The van der Waals surface area contributed by atoms with Gasteiger partial charge in [0.05, 0.1) is 13.2 Å². The molecule has 11 heavy (non-hydrogen) atoms. The summed E-state index contributed by atoms with van der Waals surface area (Å²) in [5.41, 5.74) is -0.315. The Morgan fingerprint density at radius 2 is 2.09 bits per heavy atom. The first-order chi connectivity index (χ1) is 5.02. The average Bonchev–Trinajstić information content (AvgIpc) is 2.34. The molecule has 0 N–H and O–H groups in total. The van der Waals surface area contributed by atoms with Crippen LogP contribution in [0.15, 0.2) is 0 Å². The van der Waals surface area contributed by atoms with Crippen molar-refractivity contribution in [3.63, 3.8) is 0 Å². The van der Waals surface area contributed by atoms with Crippen molar-refractivity contribution < 1.29 is 9.63 Å². The van der Waals surface area contributed by atoms with Gasteiger partial charge in [-0.05, 0) is 6.42 Å². The van der Waals surface area contributed by atoms with E-state index in [-0.39, 0.29) is 11.3 Å². The molecule has 0 unspecified atom stereocenters. The zero-order valence-electron chi connectivity index (χ0n) is 7.39. The maximum Gasteiger partial charge on any atom is 0.251 e. The van der Waals surface area contributed by atoms with Gasteiger partial charge in [0.2, 0.25) is 0 Å². The van der Waals surface area contributed by atoms with Crippen LogP contribution in [0.3, 0.4) is 0 Å². The van der Waals surface area contributed by atoms with Crippen LogP contribution in [0.2, 0.25) is 0 Å². The average molecular weight is 157 g/mol. The normalized spacial score (nSPS) is 19.0. The second kappa shape index (κ2) is 2.81. The van der Waals surface area contributed by atoms with Crippen LogP contribution in [0.4, 0.5) is 0 Å². The first-order valence-electron chi connectivity index (χ1n) is 3.97. The molecule has 0 radical (unpaired) electrons. The van der Waals surface area contributed by atoms with Crippen molar-refractivity contribution >= 4 is 5.91 Å². The third-order valence-electron chi connectivity index (χ3n) is 1.62. The Morgan fingerprint density at radius 1 is 1.45 bits per heavy atom. The summed E-state index contributed by atoms with van der Waals surface area (Å²) < 4.78 is 0. The highest BCUT2D eigenvalue weighted by atomic mass is 16.7. The van der Waals surface area contributed by atoms with Crippen molar-refractivity contribution in [1.82, 2.24) is 5.06 Å². The van der Waals surface area contributed by atoms with E-state index in [2.05, 4.69) is 0 Å². The van der Waals surface area contributed by atoms with Crippen LogP contribution in [0.1, 0.15) is 27.2 Å². The standard InChI is InChI=1S/C8H15NO2/c1-8(2,3)7(10)9-5-4-6-11-9/h4-6H2,1-3H3. The minimum absolute atomic E-state index is 0.0787. The molecule has 1 aliphatic heterocycles. The van der Waals surface area contributed by atoms with Crippen molar-refractivity contribution in [1.29, 1.82) is 0 Å². The number of hydrogen-bond donors (Lipinski definition) is 0. The van der Waals surface area contributed by atoms with Crippen LogP contribution in [-0.2, 0) is 9.63 Å². The van der Waals surface area contributed by atoms with Crippen molar-refractivity contribution in [3.8, 4) is 0 Å². The fourth-order valence-corrected chi connectivity index (χ4v) is 0.982. The molecule has 0 aromatic carbocycles. The smallest absolute Gasteiger partial charge is 0.251 e. The SMILES string of the molecule is CC(C)(C)C(=O)N1CCCO1. The molecule has 0 aromatic heterocycles. The Bertz CT molecular complexity index is 154. The molecule has 0 aliphatic carbocycles. The van der Waals surface area contributed by atoms with Crippen LogP contribution in [-0.4, -0.2) is 24.1 Å². The minimum Gasteiger partial charge on any atom is -0.272 e. The van der Waals surface area contributed by atoms with Crippen LogP contribution >= 0.6 is 0 Å². The van der Waals surface area contributed by atoms with Crippen molar-refractivity contribution in [2.24, 2.45) is 5.41 Å². The summed E-state index contributed by atoms with van der Waals surface area (Å²) in [5, 5.41) is 1.47. The predicted molar refractivity (Wildman–Crippen MR) is 41.7 cm³/mol. The quantitative estimate of drug-likeness (QED) is 0.528. The number of nitrogens with zero attached hydrogens (tertiary/aromatic N) is 1. The molecule has 1 fully saturated rings.